The Kier molecular flexibility index (Phi) is 4.17. The van der Waals surface area contributed by atoms with Crippen LogP contribution >= 0.6 is 11.3 Å². The monoisotopic (exact) mass is 439 g/mol. The number of aromatic nitrogens is 1. The van der Waals surface area contributed by atoms with Crippen molar-refractivity contribution in [3.63, 3.8) is 0 Å². The molecule has 0 unspecified atom stereocenters. The summed E-state index contributed by atoms with van der Waals surface area (Å²) in [5.41, 5.74) is 5.12. The minimum Gasteiger partial charge on any atom is -0.309 e. The fourth-order valence-electron chi connectivity index (χ4n) is 5.34. The van der Waals surface area contributed by atoms with E-state index in [9.17, 15) is 0 Å². The summed E-state index contributed by atoms with van der Waals surface area (Å²) in [5.74, 6) is 0. The Morgan fingerprint density at radius 3 is 1.88 bits per heavy atom. The van der Waals surface area contributed by atoms with Gasteiger partial charge in [0, 0.05) is 36.6 Å². The lowest BCUT2D eigenvalue weighted by molar-refractivity contribution is 1.19. The molecule has 1 nitrogen and oxygen atoms in total. The van der Waals surface area contributed by atoms with Crippen LogP contribution in [0.3, 0.4) is 0 Å². The van der Waals surface area contributed by atoms with Crippen LogP contribution in [0.25, 0.3) is 58.4 Å². The van der Waals surface area contributed by atoms with Gasteiger partial charge in [-0.15, -0.1) is 22.3 Å². The molecular formula is C28H13B4NS. The quantitative estimate of drug-likeness (QED) is 0.346. The molecule has 0 aliphatic carbocycles. The van der Waals surface area contributed by atoms with Gasteiger partial charge in [-0.3, -0.25) is 0 Å². The van der Waals surface area contributed by atoms with E-state index in [2.05, 4.69) is 77.4 Å². The van der Waals surface area contributed by atoms with Gasteiger partial charge in [-0.05, 0) is 29.0 Å². The van der Waals surface area contributed by atoms with Crippen LogP contribution in [-0.2, 0) is 0 Å². The van der Waals surface area contributed by atoms with Gasteiger partial charge in [0.25, 0.3) is 0 Å². The highest BCUT2D eigenvalue weighted by Gasteiger charge is 2.23. The summed E-state index contributed by atoms with van der Waals surface area (Å²) in [6.45, 7) is 0. The molecule has 7 aromatic rings. The number of hydrogen-bond donors (Lipinski definition) is 0. The van der Waals surface area contributed by atoms with Crippen molar-refractivity contribution in [1.82, 2.24) is 4.57 Å². The maximum atomic E-state index is 6.58. The third-order valence-electron chi connectivity index (χ3n) is 6.86. The summed E-state index contributed by atoms with van der Waals surface area (Å²) in [6, 6.07) is 27.5. The molecule has 0 saturated heterocycles. The average Bonchev–Trinajstić information content (AvgIpc) is 3.44. The summed E-state index contributed by atoms with van der Waals surface area (Å²) >= 11 is 1.64. The van der Waals surface area contributed by atoms with Gasteiger partial charge >= 0.3 is 0 Å². The molecule has 2 heterocycles. The third-order valence-corrected chi connectivity index (χ3v) is 8.10. The van der Waals surface area contributed by atoms with Gasteiger partial charge in [-0.2, -0.15) is 0 Å². The fourth-order valence-corrected chi connectivity index (χ4v) is 6.70. The number of fused-ring (bicyclic) bond motifs is 10. The first-order chi connectivity index (χ1) is 16.6. The maximum Gasteiger partial charge on any atom is 0.114 e. The molecule has 7 rings (SSSR count). The minimum atomic E-state index is 0.348. The second-order valence-corrected chi connectivity index (χ2v) is 9.64. The lowest BCUT2D eigenvalue weighted by Gasteiger charge is -2.14. The SMILES string of the molecule is [B]c1c([B])c([B])c2c(sc3c2c2ccccc2c2c3c3ccccc3n2-c2ccccc2)c1[B]. The molecule has 0 amide bonds. The van der Waals surface area contributed by atoms with Crippen molar-refractivity contribution in [3.8, 4) is 5.69 Å². The number of nitrogens with zero attached hydrogens (tertiary/aromatic N) is 1. The van der Waals surface area contributed by atoms with Crippen LogP contribution in [0.2, 0.25) is 0 Å². The molecule has 0 N–H and O–H groups in total. The molecule has 0 fully saturated rings. The summed E-state index contributed by atoms with van der Waals surface area (Å²) < 4.78 is 4.37. The van der Waals surface area contributed by atoms with E-state index in [-0.39, 0.29) is 0 Å². The Morgan fingerprint density at radius 1 is 0.500 bits per heavy atom. The summed E-state index contributed by atoms with van der Waals surface area (Å²) in [4.78, 5) is 0. The average molecular weight is 439 g/mol. The first kappa shape index (κ1) is 20.1. The topological polar surface area (TPSA) is 4.93 Å². The molecular weight excluding hydrogens is 426 g/mol. The van der Waals surface area contributed by atoms with Gasteiger partial charge in [0.05, 0.1) is 11.0 Å². The Morgan fingerprint density at radius 2 is 1.12 bits per heavy atom. The second-order valence-electron chi connectivity index (χ2n) is 8.62. The molecule has 0 spiro atoms. The lowest BCUT2D eigenvalue weighted by atomic mass is 9.65. The second kappa shape index (κ2) is 7.07. The van der Waals surface area contributed by atoms with Crippen LogP contribution in [0.4, 0.5) is 0 Å². The third kappa shape index (κ3) is 2.44. The van der Waals surface area contributed by atoms with Crippen LogP contribution in [0.5, 0.6) is 0 Å². The summed E-state index contributed by atoms with van der Waals surface area (Å²) in [7, 11) is 25.6. The van der Waals surface area contributed by atoms with Gasteiger partial charge in [0.1, 0.15) is 31.4 Å². The van der Waals surface area contributed by atoms with E-state index in [0.717, 1.165) is 42.1 Å². The summed E-state index contributed by atoms with van der Waals surface area (Å²) in [6.07, 6.45) is 0. The number of hydrogen-bond acceptors (Lipinski definition) is 1. The molecule has 6 heteroatoms. The van der Waals surface area contributed by atoms with Crippen LogP contribution in [0, 0.1) is 0 Å². The van der Waals surface area contributed by atoms with Crippen molar-refractivity contribution < 1.29 is 0 Å². The lowest BCUT2D eigenvalue weighted by Crippen LogP contribution is -2.47. The smallest absolute Gasteiger partial charge is 0.114 e. The Labute approximate surface area is 206 Å². The van der Waals surface area contributed by atoms with E-state index in [1.165, 1.54) is 16.3 Å². The van der Waals surface area contributed by atoms with Crippen molar-refractivity contribution in [1.29, 1.82) is 0 Å². The molecule has 148 valence electrons. The number of para-hydroxylation sites is 2. The molecule has 8 radical (unpaired) electrons. The van der Waals surface area contributed by atoms with Crippen molar-refractivity contribution in [2.45, 2.75) is 0 Å². The normalized spacial score (nSPS) is 12.0. The van der Waals surface area contributed by atoms with Crippen molar-refractivity contribution >= 4 is 117 Å². The molecule has 0 bridgehead atoms. The van der Waals surface area contributed by atoms with Gasteiger partial charge < -0.3 is 4.57 Å². The fraction of sp³-hybridized carbons (Fsp3) is 0. The largest absolute Gasteiger partial charge is 0.309 e. The van der Waals surface area contributed by atoms with Crippen molar-refractivity contribution in [2.24, 2.45) is 0 Å². The van der Waals surface area contributed by atoms with E-state index < -0.39 is 0 Å². The van der Waals surface area contributed by atoms with Crippen LogP contribution in [0.15, 0.2) is 78.9 Å². The van der Waals surface area contributed by atoms with Crippen LogP contribution < -0.4 is 21.9 Å². The molecule has 0 aliphatic rings. The van der Waals surface area contributed by atoms with Gasteiger partial charge in [0.15, 0.2) is 0 Å². The number of rotatable bonds is 1. The molecule has 2 aromatic heterocycles. The van der Waals surface area contributed by atoms with Crippen LogP contribution in [-0.4, -0.2) is 36.0 Å². The van der Waals surface area contributed by atoms with Crippen molar-refractivity contribution in [3.05, 3.63) is 78.9 Å². The molecule has 0 atom stereocenters. The zero-order valence-electron chi connectivity index (χ0n) is 18.2. The van der Waals surface area contributed by atoms with Crippen LogP contribution in [0.1, 0.15) is 0 Å². The zero-order valence-corrected chi connectivity index (χ0v) is 19.0. The molecule has 0 saturated carbocycles. The van der Waals surface area contributed by atoms with E-state index in [4.69, 9.17) is 31.4 Å². The van der Waals surface area contributed by atoms with E-state index >= 15 is 0 Å². The highest BCUT2D eigenvalue weighted by Crippen LogP contribution is 2.46. The zero-order chi connectivity index (χ0) is 23.1. The van der Waals surface area contributed by atoms with Gasteiger partial charge in [0.2, 0.25) is 0 Å². The van der Waals surface area contributed by atoms with E-state index in [0.29, 0.717) is 21.9 Å². The number of benzene rings is 5. The standard InChI is InChI=1S/C28H13B4NS/c29-22-21-19-15-10-4-5-11-16(15)26-20(27(19)34-28(21)25(32)24(31)23(22)30)17-12-6-7-13-18(17)33(26)14-8-2-1-3-9-14/h1-13H. The first-order valence-electron chi connectivity index (χ1n) is 11.0. The predicted octanol–water partition coefficient (Wildman–Crippen LogP) is 3.48. The highest BCUT2D eigenvalue weighted by molar-refractivity contribution is 7.28. The van der Waals surface area contributed by atoms with Gasteiger partial charge in [-0.25, -0.2) is 0 Å². The Hall–Kier alpha value is -3.36. The van der Waals surface area contributed by atoms with Crippen molar-refractivity contribution in [2.75, 3.05) is 0 Å². The van der Waals surface area contributed by atoms with Gasteiger partial charge in [-0.1, -0.05) is 71.6 Å². The predicted molar refractivity (Wildman–Crippen MR) is 153 cm³/mol. The minimum absolute atomic E-state index is 0.348. The van der Waals surface area contributed by atoms with E-state index in [1.54, 1.807) is 11.3 Å². The first-order valence-corrected chi connectivity index (χ1v) is 11.9. The number of thiophene rings is 1. The molecule has 0 aliphatic heterocycles. The Bertz CT molecular complexity index is 1950. The molecule has 34 heavy (non-hydrogen) atoms. The highest BCUT2D eigenvalue weighted by atomic mass is 32.1. The molecule has 5 aromatic carbocycles. The van der Waals surface area contributed by atoms with E-state index in [1.807, 2.05) is 6.07 Å². The Balaban J connectivity index is 1.88. The maximum absolute atomic E-state index is 6.58. The summed E-state index contributed by atoms with van der Waals surface area (Å²) in [5, 5.41) is 6.60.